The number of ether oxygens (including phenoxy) is 3. The van der Waals surface area contributed by atoms with E-state index in [1.807, 2.05) is 30.3 Å². The van der Waals surface area contributed by atoms with Gasteiger partial charge in [0.1, 0.15) is 6.61 Å². The largest absolute Gasteiger partial charge is 0.490 e. The molecule has 0 saturated heterocycles. The standard InChI is InChI=1S/C26H23Cl2F2NO5/c27-20-14-31-15-21(28)19(20)13-22(32)18-9-10-23(36-26(29)30)24(12-18)34-11-5-4-8-25(33)35-16-17-6-2-1-3-7-17/h1-3,6-7,9-10,12,14-15,26H,4-5,8,11,13,16H2. The van der Waals surface area contributed by atoms with Gasteiger partial charge in [-0.25, -0.2) is 0 Å². The lowest BCUT2D eigenvalue weighted by atomic mass is 10.0. The molecule has 0 aliphatic heterocycles. The number of carbonyl (C=O) groups excluding carboxylic acids is 2. The van der Waals surface area contributed by atoms with Gasteiger partial charge in [-0.05, 0) is 36.6 Å². The summed E-state index contributed by atoms with van der Waals surface area (Å²) < 4.78 is 41.0. The van der Waals surface area contributed by atoms with Crippen LogP contribution in [0.3, 0.4) is 0 Å². The Kier molecular flexibility index (Phi) is 10.5. The van der Waals surface area contributed by atoms with E-state index in [9.17, 15) is 18.4 Å². The fraction of sp³-hybridized carbons (Fsp3) is 0.269. The molecule has 0 radical (unpaired) electrons. The predicted molar refractivity (Wildman–Crippen MR) is 131 cm³/mol. The van der Waals surface area contributed by atoms with Gasteiger partial charge in [-0.2, -0.15) is 8.78 Å². The number of rotatable bonds is 13. The average molecular weight is 538 g/mol. The van der Waals surface area contributed by atoms with Gasteiger partial charge in [-0.1, -0.05) is 53.5 Å². The smallest absolute Gasteiger partial charge is 0.387 e. The molecule has 0 aliphatic rings. The van der Waals surface area contributed by atoms with Crippen molar-refractivity contribution in [3.8, 4) is 11.5 Å². The molecule has 3 aromatic rings. The van der Waals surface area contributed by atoms with Crippen LogP contribution in [-0.4, -0.2) is 30.0 Å². The summed E-state index contributed by atoms with van der Waals surface area (Å²) in [5, 5.41) is 0.486. The number of benzene rings is 2. The molecule has 0 N–H and O–H groups in total. The van der Waals surface area contributed by atoms with Crippen LogP contribution in [0.1, 0.15) is 40.7 Å². The SMILES string of the molecule is O=C(CCCCOc1cc(C(=O)Cc2c(Cl)cncc2Cl)ccc1OC(F)F)OCc1ccccc1. The molecule has 2 aromatic carbocycles. The highest BCUT2D eigenvalue weighted by Crippen LogP contribution is 2.31. The summed E-state index contributed by atoms with van der Waals surface area (Å²) in [6.07, 6.45) is 3.75. The van der Waals surface area contributed by atoms with E-state index in [4.69, 9.17) is 32.7 Å². The van der Waals surface area contributed by atoms with Crippen molar-refractivity contribution in [2.24, 2.45) is 0 Å². The number of unbranched alkanes of at least 4 members (excludes halogenated alkanes) is 1. The van der Waals surface area contributed by atoms with E-state index < -0.39 is 6.61 Å². The maximum atomic E-state index is 12.8. The number of carbonyl (C=O) groups is 2. The Hall–Kier alpha value is -3.23. The lowest BCUT2D eigenvalue weighted by Crippen LogP contribution is -2.09. The molecular formula is C26H23Cl2F2NO5. The van der Waals surface area contributed by atoms with Crippen LogP contribution in [0, 0.1) is 0 Å². The fourth-order valence-corrected chi connectivity index (χ4v) is 3.72. The quantitative estimate of drug-likeness (QED) is 0.137. The lowest BCUT2D eigenvalue weighted by molar-refractivity contribution is -0.145. The Morgan fingerprint density at radius 2 is 1.67 bits per heavy atom. The van der Waals surface area contributed by atoms with E-state index in [0.717, 1.165) is 5.56 Å². The predicted octanol–water partition coefficient (Wildman–Crippen LogP) is 6.71. The second-order valence-corrected chi connectivity index (χ2v) is 8.49. The number of halogens is 4. The van der Waals surface area contributed by atoms with Crippen LogP contribution in [0.4, 0.5) is 8.78 Å². The third kappa shape index (κ3) is 8.46. The maximum Gasteiger partial charge on any atom is 0.387 e. The van der Waals surface area contributed by atoms with Crippen molar-refractivity contribution in [1.29, 1.82) is 0 Å². The fourth-order valence-electron chi connectivity index (χ4n) is 3.22. The Bertz CT molecular complexity index is 1160. The number of alkyl halides is 2. The van der Waals surface area contributed by atoms with Crippen molar-refractivity contribution in [2.45, 2.75) is 38.9 Å². The van der Waals surface area contributed by atoms with Gasteiger partial charge >= 0.3 is 12.6 Å². The molecule has 0 unspecified atom stereocenters. The molecule has 3 rings (SSSR count). The van der Waals surface area contributed by atoms with Gasteiger partial charge in [-0.15, -0.1) is 0 Å². The minimum atomic E-state index is -3.07. The van der Waals surface area contributed by atoms with E-state index in [-0.39, 0.29) is 64.9 Å². The molecule has 0 spiro atoms. The Balaban J connectivity index is 1.54. The maximum absolute atomic E-state index is 12.8. The second-order valence-electron chi connectivity index (χ2n) is 7.67. The summed E-state index contributed by atoms with van der Waals surface area (Å²) >= 11 is 12.2. The molecule has 0 aliphatic carbocycles. The minimum Gasteiger partial charge on any atom is -0.490 e. The van der Waals surface area contributed by atoms with E-state index in [2.05, 4.69) is 9.72 Å². The molecule has 0 fully saturated rings. The van der Waals surface area contributed by atoms with Gasteiger partial charge in [0.05, 0.1) is 16.7 Å². The minimum absolute atomic E-state index is 0.0141. The van der Waals surface area contributed by atoms with E-state index in [0.29, 0.717) is 18.4 Å². The number of hydrogen-bond donors (Lipinski definition) is 0. The Labute approximate surface area is 217 Å². The van der Waals surface area contributed by atoms with Gasteiger partial charge in [0.15, 0.2) is 17.3 Å². The normalized spacial score (nSPS) is 10.8. The van der Waals surface area contributed by atoms with Crippen LogP contribution in [0.15, 0.2) is 60.9 Å². The summed E-state index contributed by atoms with van der Waals surface area (Å²) in [5.41, 5.74) is 1.51. The van der Waals surface area contributed by atoms with Crippen molar-refractivity contribution in [1.82, 2.24) is 4.98 Å². The number of ketones is 1. The summed E-state index contributed by atoms with van der Waals surface area (Å²) in [5.74, 6) is -0.912. The number of Topliss-reactive ketones (excluding diaryl/α,β-unsaturated/α-hetero) is 1. The van der Waals surface area contributed by atoms with Crippen LogP contribution >= 0.6 is 23.2 Å². The molecule has 36 heavy (non-hydrogen) atoms. The van der Waals surface area contributed by atoms with Crippen molar-refractivity contribution in [3.05, 3.63) is 87.7 Å². The first-order valence-electron chi connectivity index (χ1n) is 11.1. The molecule has 0 saturated carbocycles. The molecule has 6 nitrogen and oxygen atoms in total. The van der Waals surface area contributed by atoms with Gasteiger partial charge in [0.2, 0.25) is 0 Å². The monoisotopic (exact) mass is 537 g/mol. The van der Waals surface area contributed by atoms with Gasteiger partial charge in [-0.3, -0.25) is 14.6 Å². The number of nitrogens with zero attached hydrogens (tertiary/aromatic N) is 1. The number of aromatic nitrogens is 1. The lowest BCUT2D eigenvalue weighted by Gasteiger charge is -2.14. The van der Waals surface area contributed by atoms with Crippen LogP contribution in [0.25, 0.3) is 0 Å². The molecule has 0 atom stereocenters. The van der Waals surface area contributed by atoms with Gasteiger partial charge in [0, 0.05) is 36.4 Å². The highest BCUT2D eigenvalue weighted by atomic mass is 35.5. The van der Waals surface area contributed by atoms with Gasteiger partial charge in [0.25, 0.3) is 0 Å². The third-order valence-corrected chi connectivity index (χ3v) is 5.70. The highest BCUT2D eigenvalue weighted by Gasteiger charge is 2.17. The summed E-state index contributed by atoms with van der Waals surface area (Å²) in [6.45, 7) is -2.75. The average Bonchev–Trinajstić information content (AvgIpc) is 2.86. The van der Waals surface area contributed by atoms with Crippen molar-refractivity contribution in [3.63, 3.8) is 0 Å². The summed E-state index contributed by atoms with van der Waals surface area (Å²) in [4.78, 5) is 28.6. The molecule has 190 valence electrons. The molecule has 0 bridgehead atoms. The van der Waals surface area contributed by atoms with Crippen LogP contribution in [0.5, 0.6) is 11.5 Å². The Morgan fingerprint density at radius 1 is 0.944 bits per heavy atom. The molecule has 10 heteroatoms. The number of esters is 1. The number of pyridine rings is 1. The summed E-state index contributed by atoms with van der Waals surface area (Å²) in [6, 6.07) is 13.2. The third-order valence-electron chi connectivity index (χ3n) is 5.05. The van der Waals surface area contributed by atoms with Crippen molar-refractivity contribution in [2.75, 3.05) is 6.61 Å². The first-order valence-corrected chi connectivity index (χ1v) is 11.8. The number of hydrogen-bond acceptors (Lipinski definition) is 6. The second kappa shape index (κ2) is 13.8. The van der Waals surface area contributed by atoms with Gasteiger partial charge < -0.3 is 14.2 Å². The molecule has 1 aromatic heterocycles. The van der Waals surface area contributed by atoms with Crippen LogP contribution < -0.4 is 9.47 Å². The van der Waals surface area contributed by atoms with E-state index in [1.165, 1.54) is 30.6 Å². The topological polar surface area (TPSA) is 74.7 Å². The van der Waals surface area contributed by atoms with Crippen molar-refractivity contribution < 1.29 is 32.6 Å². The molecule has 1 heterocycles. The highest BCUT2D eigenvalue weighted by molar-refractivity contribution is 6.36. The van der Waals surface area contributed by atoms with Crippen LogP contribution in [-0.2, 0) is 22.6 Å². The first-order chi connectivity index (χ1) is 17.3. The van der Waals surface area contributed by atoms with E-state index in [1.54, 1.807) is 0 Å². The Morgan fingerprint density at radius 3 is 2.36 bits per heavy atom. The molecule has 0 amide bonds. The van der Waals surface area contributed by atoms with Crippen molar-refractivity contribution >= 4 is 35.0 Å². The van der Waals surface area contributed by atoms with E-state index >= 15 is 0 Å². The van der Waals surface area contributed by atoms with Crippen LogP contribution in [0.2, 0.25) is 10.0 Å². The zero-order valence-electron chi connectivity index (χ0n) is 19.1. The zero-order valence-corrected chi connectivity index (χ0v) is 20.6. The summed E-state index contributed by atoms with van der Waals surface area (Å²) in [7, 11) is 0. The first kappa shape index (κ1) is 27.4. The zero-order chi connectivity index (χ0) is 25.9. The molecular weight excluding hydrogens is 515 g/mol.